The monoisotopic (exact) mass is 362 g/mol. The Hall–Kier alpha value is -3.35. The van der Waals surface area contributed by atoms with Gasteiger partial charge < -0.3 is 20.4 Å². The van der Waals surface area contributed by atoms with Crippen LogP contribution in [0, 0.1) is 0 Å². The van der Waals surface area contributed by atoms with Gasteiger partial charge in [-0.2, -0.15) is 0 Å². The van der Waals surface area contributed by atoms with E-state index in [0.29, 0.717) is 12.5 Å². The van der Waals surface area contributed by atoms with Gasteiger partial charge in [0.25, 0.3) is 0 Å². The number of para-hydroxylation sites is 1. The zero-order valence-corrected chi connectivity index (χ0v) is 15.0. The number of ether oxygens (including phenoxy) is 1. The molecule has 7 nitrogen and oxygen atoms in total. The second-order valence-corrected chi connectivity index (χ2v) is 6.41. The van der Waals surface area contributed by atoms with Gasteiger partial charge in [0.15, 0.2) is 11.8 Å². The van der Waals surface area contributed by atoms with Crippen LogP contribution in [-0.4, -0.2) is 20.7 Å². The van der Waals surface area contributed by atoms with Gasteiger partial charge in [-0.1, -0.05) is 24.3 Å². The van der Waals surface area contributed by atoms with Crippen molar-refractivity contribution in [2.45, 2.75) is 32.4 Å². The summed E-state index contributed by atoms with van der Waals surface area (Å²) < 4.78 is 7.99. The fraction of sp³-hybridized carbons (Fsp3) is 0.250. The molecule has 1 aliphatic rings. The number of benzene rings is 2. The maximum atomic E-state index is 6.04. The molecular weight excluding hydrogens is 340 g/mol. The minimum Gasteiger partial charge on any atom is -0.457 e. The maximum absolute atomic E-state index is 6.04. The van der Waals surface area contributed by atoms with Crippen LogP contribution < -0.4 is 15.8 Å². The van der Waals surface area contributed by atoms with Gasteiger partial charge in [0.1, 0.15) is 23.9 Å². The molecule has 2 heterocycles. The quantitative estimate of drug-likeness (QED) is 0.537. The van der Waals surface area contributed by atoms with Crippen molar-refractivity contribution >= 4 is 11.6 Å². The summed E-state index contributed by atoms with van der Waals surface area (Å²) in [4.78, 5) is 4.40. The molecule has 7 heteroatoms. The number of nitrogens with zero attached hydrogens (tertiary/aromatic N) is 4. The van der Waals surface area contributed by atoms with Gasteiger partial charge in [-0.15, -0.1) is 10.2 Å². The van der Waals surface area contributed by atoms with Crippen LogP contribution in [0.15, 0.2) is 59.6 Å². The number of hydrogen-bond donors (Lipinski definition) is 2. The first-order valence-electron chi connectivity index (χ1n) is 9.09. The molecule has 0 saturated heterocycles. The Morgan fingerprint density at radius 1 is 1.07 bits per heavy atom. The predicted molar refractivity (Wildman–Crippen MR) is 105 cm³/mol. The molecule has 138 valence electrons. The topological polar surface area (TPSA) is 90.4 Å². The van der Waals surface area contributed by atoms with E-state index < -0.39 is 0 Å². The molecule has 27 heavy (non-hydrogen) atoms. The Morgan fingerprint density at radius 3 is 2.81 bits per heavy atom. The van der Waals surface area contributed by atoms with Crippen molar-refractivity contribution in [3.63, 3.8) is 0 Å². The molecule has 0 aliphatic carbocycles. The summed E-state index contributed by atoms with van der Waals surface area (Å²) in [5, 5.41) is 11.6. The summed E-state index contributed by atoms with van der Waals surface area (Å²) in [5.41, 5.74) is 6.85. The van der Waals surface area contributed by atoms with Crippen molar-refractivity contribution in [2.24, 2.45) is 10.7 Å². The summed E-state index contributed by atoms with van der Waals surface area (Å²) in [6.07, 6.45) is 3.31. The van der Waals surface area contributed by atoms with Gasteiger partial charge in [0.2, 0.25) is 0 Å². The third kappa shape index (κ3) is 4.25. The zero-order chi connectivity index (χ0) is 18.5. The van der Waals surface area contributed by atoms with Gasteiger partial charge in [0.05, 0.1) is 0 Å². The number of nitrogens with one attached hydrogen (secondary N) is 1. The highest BCUT2D eigenvalue weighted by Gasteiger charge is 2.15. The highest BCUT2D eigenvalue weighted by molar-refractivity contribution is 5.92. The second kappa shape index (κ2) is 7.90. The molecule has 0 bridgehead atoms. The van der Waals surface area contributed by atoms with E-state index in [9.17, 15) is 0 Å². The smallest absolute Gasteiger partial charge is 0.193 e. The molecule has 0 unspecified atom stereocenters. The molecule has 0 spiro atoms. The van der Waals surface area contributed by atoms with Crippen molar-refractivity contribution in [3.05, 3.63) is 66.2 Å². The van der Waals surface area contributed by atoms with Crippen LogP contribution in [0.5, 0.6) is 11.5 Å². The largest absolute Gasteiger partial charge is 0.457 e. The molecule has 1 aliphatic heterocycles. The van der Waals surface area contributed by atoms with E-state index in [4.69, 9.17) is 10.5 Å². The summed E-state index contributed by atoms with van der Waals surface area (Å²) >= 11 is 0. The lowest BCUT2D eigenvalue weighted by atomic mass is 10.2. The van der Waals surface area contributed by atoms with Crippen LogP contribution in [0.25, 0.3) is 0 Å². The summed E-state index contributed by atoms with van der Waals surface area (Å²) in [6.45, 7) is 1.37. The Labute approximate surface area is 157 Å². The molecule has 0 fully saturated rings. The van der Waals surface area contributed by atoms with Crippen LogP contribution >= 0.6 is 0 Å². The molecular formula is C20H22N6O. The first-order valence-corrected chi connectivity index (χ1v) is 9.09. The van der Waals surface area contributed by atoms with Gasteiger partial charge in [-0.3, -0.25) is 0 Å². The number of nitrogens with two attached hydrogens (primary N) is 1. The summed E-state index contributed by atoms with van der Waals surface area (Å²) in [7, 11) is 0. The Balaban J connectivity index is 1.40. The van der Waals surface area contributed by atoms with E-state index in [2.05, 4.69) is 25.1 Å². The van der Waals surface area contributed by atoms with Gasteiger partial charge in [-0.05, 0) is 37.1 Å². The number of aromatic nitrogens is 3. The third-order valence-electron chi connectivity index (χ3n) is 4.41. The third-order valence-corrected chi connectivity index (χ3v) is 4.41. The molecule has 0 radical (unpaired) electrons. The first kappa shape index (κ1) is 17.1. The van der Waals surface area contributed by atoms with E-state index >= 15 is 0 Å². The minimum atomic E-state index is 0.333. The minimum absolute atomic E-state index is 0.333. The van der Waals surface area contributed by atoms with Crippen molar-refractivity contribution in [3.8, 4) is 11.5 Å². The molecule has 0 saturated carbocycles. The van der Waals surface area contributed by atoms with Crippen molar-refractivity contribution < 1.29 is 4.74 Å². The molecule has 3 N–H and O–H groups in total. The maximum Gasteiger partial charge on any atom is 0.193 e. The van der Waals surface area contributed by atoms with E-state index in [1.807, 2.05) is 54.6 Å². The summed E-state index contributed by atoms with van der Waals surface area (Å²) in [6, 6.07) is 17.2. The van der Waals surface area contributed by atoms with E-state index in [0.717, 1.165) is 48.2 Å². The number of aryl methyl sites for hydroxylation is 1. The highest BCUT2D eigenvalue weighted by atomic mass is 16.5. The van der Waals surface area contributed by atoms with Crippen LogP contribution in [0.2, 0.25) is 0 Å². The standard InChI is InChI=1S/C20H22N6O/c21-20(22-14-19-25-24-18-11-4-5-12-26(18)19)23-15-7-6-10-17(13-15)27-16-8-2-1-3-9-16/h1-3,6-10,13H,4-5,11-12,14H2,(H3,21,22,23). The number of hydrogen-bond acceptors (Lipinski definition) is 4. The normalized spacial score (nSPS) is 13.9. The first-order chi connectivity index (χ1) is 13.3. The van der Waals surface area contributed by atoms with Crippen LogP contribution in [0.3, 0.4) is 0 Å². The molecule has 4 rings (SSSR count). The van der Waals surface area contributed by atoms with Gasteiger partial charge >= 0.3 is 0 Å². The second-order valence-electron chi connectivity index (χ2n) is 6.41. The molecule has 0 amide bonds. The molecule has 3 aromatic rings. The number of fused-ring (bicyclic) bond motifs is 1. The zero-order valence-electron chi connectivity index (χ0n) is 15.0. The predicted octanol–water partition coefficient (Wildman–Crippen LogP) is 3.33. The average Bonchev–Trinajstić information content (AvgIpc) is 3.11. The van der Waals surface area contributed by atoms with Gasteiger partial charge in [0, 0.05) is 24.7 Å². The Kier molecular flexibility index (Phi) is 5.00. The summed E-state index contributed by atoms with van der Waals surface area (Å²) in [5.74, 6) is 3.75. The number of rotatable bonds is 5. The SMILES string of the molecule is NC(=NCc1nnc2n1CCCC2)Nc1cccc(Oc2ccccc2)c1. The fourth-order valence-corrected chi connectivity index (χ4v) is 3.09. The van der Waals surface area contributed by atoms with Crippen LogP contribution in [-0.2, 0) is 19.5 Å². The van der Waals surface area contributed by atoms with Crippen LogP contribution in [0.4, 0.5) is 5.69 Å². The van der Waals surface area contributed by atoms with E-state index in [1.54, 1.807) is 0 Å². The molecule has 0 atom stereocenters. The Morgan fingerprint density at radius 2 is 1.93 bits per heavy atom. The number of aliphatic imine (C=N–C) groups is 1. The lowest BCUT2D eigenvalue weighted by molar-refractivity contribution is 0.483. The van der Waals surface area contributed by atoms with Crippen molar-refractivity contribution in [1.82, 2.24) is 14.8 Å². The van der Waals surface area contributed by atoms with E-state index in [-0.39, 0.29) is 0 Å². The van der Waals surface area contributed by atoms with Crippen molar-refractivity contribution in [2.75, 3.05) is 5.32 Å². The average molecular weight is 362 g/mol. The number of guanidine groups is 1. The van der Waals surface area contributed by atoms with Gasteiger partial charge in [-0.25, -0.2) is 4.99 Å². The molecule has 1 aromatic heterocycles. The highest BCUT2D eigenvalue weighted by Crippen LogP contribution is 2.23. The fourth-order valence-electron chi connectivity index (χ4n) is 3.09. The molecule has 2 aromatic carbocycles. The lowest BCUT2D eigenvalue weighted by Crippen LogP contribution is -2.23. The lowest BCUT2D eigenvalue weighted by Gasteiger charge is -2.14. The van der Waals surface area contributed by atoms with Crippen molar-refractivity contribution in [1.29, 1.82) is 0 Å². The number of anilines is 1. The van der Waals surface area contributed by atoms with E-state index in [1.165, 1.54) is 6.42 Å². The Bertz CT molecular complexity index is 935. The van der Waals surface area contributed by atoms with Crippen LogP contribution in [0.1, 0.15) is 24.5 Å².